The Hall–Kier alpha value is -3.36. The maximum absolute atomic E-state index is 6.08. The van der Waals surface area contributed by atoms with E-state index in [0.29, 0.717) is 0 Å². The van der Waals surface area contributed by atoms with E-state index in [1.54, 1.807) is 7.11 Å². The number of benzene rings is 4. The van der Waals surface area contributed by atoms with Gasteiger partial charge in [-0.2, -0.15) is 0 Å². The zero-order valence-electron chi connectivity index (χ0n) is 22.5. The molecule has 0 amide bonds. The molecular formula is C34H38O2. The third-order valence-electron chi connectivity index (χ3n) is 6.52. The molecule has 0 heterocycles. The highest BCUT2D eigenvalue weighted by atomic mass is 16.7. The Labute approximate surface area is 216 Å². The van der Waals surface area contributed by atoms with Crippen molar-refractivity contribution in [1.82, 2.24) is 0 Å². The molecule has 4 aromatic carbocycles. The van der Waals surface area contributed by atoms with Gasteiger partial charge in [0.15, 0.2) is 6.79 Å². The molecular weight excluding hydrogens is 440 g/mol. The summed E-state index contributed by atoms with van der Waals surface area (Å²) >= 11 is 0. The summed E-state index contributed by atoms with van der Waals surface area (Å²) in [7, 11) is 1.66. The van der Waals surface area contributed by atoms with Crippen molar-refractivity contribution < 1.29 is 9.47 Å². The van der Waals surface area contributed by atoms with E-state index in [9.17, 15) is 0 Å². The van der Waals surface area contributed by atoms with Crippen molar-refractivity contribution in [2.45, 2.75) is 46.5 Å². The number of methoxy groups -OCH3 is 1. The van der Waals surface area contributed by atoms with Gasteiger partial charge in [0.1, 0.15) is 5.75 Å². The molecule has 0 saturated carbocycles. The van der Waals surface area contributed by atoms with Gasteiger partial charge in [-0.15, -0.1) is 0 Å². The van der Waals surface area contributed by atoms with Crippen LogP contribution in [0.3, 0.4) is 0 Å². The number of hydrogen-bond donors (Lipinski definition) is 0. The van der Waals surface area contributed by atoms with E-state index in [2.05, 4.69) is 132 Å². The molecule has 4 rings (SSSR count). The first-order valence-electron chi connectivity index (χ1n) is 12.7. The average molecular weight is 479 g/mol. The third kappa shape index (κ3) is 6.25. The molecule has 0 atom stereocenters. The molecule has 0 saturated heterocycles. The van der Waals surface area contributed by atoms with Crippen molar-refractivity contribution in [2.75, 3.05) is 13.9 Å². The fraction of sp³-hybridized carbons (Fsp3) is 0.294. The molecule has 186 valence electrons. The lowest BCUT2D eigenvalue weighted by Gasteiger charge is -2.33. The molecule has 0 radical (unpaired) electrons. The van der Waals surface area contributed by atoms with Crippen LogP contribution in [-0.2, 0) is 10.2 Å². The van der Waals surface area contributed by atoms with Crippen LogP contribution in [-0.4, -0.2) is 13.9 Å². The van der Waals surface area contributed by atoms with Gasteiger partial charge in [-0.1, -0.05) is 101 Å². The number of ether oxygens (including phenoxy) is 2. The zero-order chi connectivity index (χ0) is 25.8. The molecule has 0 aromatic heterocycles. The molecule has 0 aliphatic heterocycles. The molecule has 0 unspecified atom stereocenters. The summed E-state index contributed by atoms with van der Waals surface area (Å²) in [5, 5.41) is 0. The molecule has 0 spiro atoms. The molecule has 0 bridgehead atoms. The van der Waals surface area contributed by atoms with Crippen LogP contribution in [0.25, 0.3) is 33.4 Å². The first-order valence-corrected chi connectivity index (χ1v) is 12.7. The lowest BCUT2D eigenvalue weighted by atomic mass is 9.72. The Bertz CT molecular complexity index is 1220. The fourth-order valence-corrected chi connectivity index (χ4v) is 5.23. The molecule has 4 aromatic rings. The summed E-state index contributed by atoms with van der Waals surface area (Å²) in [6, 6.07) is 34.6. The van der Waals surface area contributed by atoms with E-state index < -0.39 is 0 Å². The van der Waals surface area contributed by atoms with Crippen molar-refractivity contribution in [3.8, 4) is 39.1 Å². The summed E-state index contributed by atoms with van der Waals surface area (Å²) in [4.78, 5) is 0. The SMILES string of the molecule is COCOc1ccc(C(C)(C)CC(C)(C)C)cc1-c1cc(-c2ccccc2)cc(-c2ccccc2)c1. The van der Waals surface area contributed by atoms with Gasteiger partial charge >= 0.3 is 0 Å². The predicted molar refractivity (Wildman–Crippen MR) is 152 cm³/mol. The fourth-order valence-electron chi connectivity index (χ4n) is 5.23. The Morgan fingerprint density at radius 3 is 1.61 bits per heavy atom. The second-order valence-corrected chi connectivity index (χ2v) is 11.4. The second-order valence-electron chi connectivity index (χ2n) is 11.4. The summed E-state index contributed by atoms with van der Waals surface area (Å²) in [5.41, 5.74) is 8.53. The first-order chi connectivity index (χ1) is 17.2. The minimum Gasteiger partial charge on any atom is -0.467 e. The minimum absolute atomic E-state index is 0.0199. The maximum Gasteiger partial charge on any atom is 0.188 e. The van der Waals surface area contributed by atoms with Crippen LogP contribution in [0.4, 0.5) is 0 Å². The van der Waals surface area contributed by atoms with E-state index in [1.165, 1.54) is 27.8 Å². The van der Waals surface area contributed by atoms with E-state index in [4.69, 9.17) is 9.47 Å². The van der Waals surface area contributed by atoms with Crippen molar-refractivity contribution in [1.29, 1.82) is 0 Å². The normalized spacial score (nSPS) is 11.9. The molecule has 0 fully saturated rings. The Balaban J connectivity index is 1.91. The largest absolute Gasteiger partial charge is 0.467 e. The van der Waals surface area contributed by atoms with E-state index >= 15 is 0 Å². The highest BCUT2D eigenvalue weighted by Crippen LogP contribution is 2.42. The first kappa shape index (κ1) is 25.7. The van der Waals surface area contributed by atoms with Crippen LogP contribution in [0, 0.1) is 5.41 Å². The molecule has 36 heavy (non-hydrogen) atoms. The molecule has 2 heteroatoms. The molecule has 0 aliphatic carbocycles. The summed E-state index contributed by atoms with van der Waals surface area (Å²) in [6.45, 7) is 11.8. The number of hydrogen-bond acceptors (Lipinski definition) is 2. The summed E-state index contributed by atoms with van der Waals surface area (Å²) < 4.78 is 11.3. The van der Waals surface area contributed by atoms with Crippen molar-refractivity contribution >= 4 is 0 Å². The van der Waals surface area contributed by atoms with Gasteiger partial charge in [0.05, 0.1) is 0 Å². The Morgan fingerprint density at radius 2 is 1.11 bits per heavy atom. The minimum atomic E-state index is 0.0199. The molecule has 0 N–H and O–H groups in total. The predicted octanol–water partition coefficient (Wildman–Crippen LogP) is 9.38. The lowest BCUT2D eigenvalue weighted by molar-refractivity contribution is 0.0515. The van der Waals surface area contributed by atoms with Crippen LogP contribution in [0.1, 0.15) is 46.6 Å². The van der Waals surface area contributed by atoms with Gasteiger partial charge in [0.2, 0.25) is 0 Å². The van der Waals surface area contributed by atoms with Gasteiger partial charge in [-0.05, 0) is 81.0 Å². The van der Waals surface area contributed by atoms with E-state index in [-0.39, 0.29) is 17.6 Å². The van der Waals surface area contributed by atoms with E-state index in [1.807, 2.05) is 0 Å². The molecule has 2 nitrogen and oxygen atoms in total. The van der Waals surface area contributed by atoms with Crippen LogP contribution in [0.15, 0.2) is 97.1 Å². The summed E-state index contributed by atoms with van der Waals surface area (Å²) in [6.07, 6.45) is 1.08. The number of rotatable bonds is 8. The molecule has 0 aliphatic rings. The van der Waals surface area contributed by atoms with Gasteiger partial charge < -0.3 is 9.47 Å². The van der Waals surface area contributed by atoms with Crippen molar-refractivity contribution in [3.63, 3.8) is 0 Å². The van der Waals surface area contributed by atoms with Gasteiger partial charge in [-0.3, -0.25) is 0 Å². The topological polar surface area (TPSA) is 18.5 Å². The van der Waals surface area contributed by atoms with Gasteiger partial charge in [0.25, 0.3) is 0 Å². The second kappa shape index (κ2) is 10.7. The maximum atomic E-state index is 6.08. The van der Waals surface area contributed by atoms with Crippen molar-refractivity contribution in [2.24, 2.45) is 5.41 Å². The smallest absolute Gasteiger partial charge is 0.188 e. The lowest BCUT2D eigenvalue weighted by Crippen LogP contribution is -2.24. The highest BCUT2D eigenvalue weighted by Gasteiger charge is 2.28. The van der Waals surface area contributed by atoms with Crippen molar-refractivity contribution in [3.05, 3.63) is 103 Å². The highest BCUT2D eigenvalue weighted by molar-refractivity contribution is 5.83. The standard InChI is InChI=1S/C34H38O2/c1-33(2,3)23-34(4,5)30-17-18-32(36-24-35-6)31(22-30)29-20-27(25-13-9-7-10-14-25)19-28(21-29)26-15-11-8-12-16-26/h7-22H,23-24H2,1-6H3. The van der Waals surface area contributed by atoms with Gasteiger partial charge in [0, 0.05) is 12.7 Å². The monoisotopic (exact) mass is 478 g/mol. The Morgan fingerprint density at radius 1 is 0.583 bits per heavy atom. The van der Waals surface area contributed by atoms with Crippen LogP contribution >= 0.6 is 0 Å². The van der Waals surface area contributed by atoms with Crippen LogP contribution < -0.4 is 4.74 Å². The quantitative estimate of drug-likeness (QED) is 0.235. The van der Waals surface area contributed by atoms with E-state index in [0.717, 1.165) is 23.3 Å². The average Bonchev–Trinajstić information content (AvgIpc) is 2.87. The zero-order valence-corrected chi connectivity index (χ0v) is 22.5. The summed E-state index contributed by atoms with van der Waals surface area (Å²) in [5.74, 6) is 0.830. The van der Waals surface area contributed by atoms with Crippen LogP contribution in [0.2, 0.25) is 0 Å². The van der Waals surface area contributed by atoms with Gasteiger partial charge in [-0.25, -0.2) is 0 Å². The van der Waals surface area contributed by atoms with Crippen LogP contribution in [0.5, 0.6) is 5.75 Å². The third-order valence-corrected chi connectivity index (χ3v) is 6.52. The Kier molecular flexibility index (Phi) is 7.66.